The van der Waals surface area contributed by atoms with Crippen LogP contribution in [0, 0.1) is 5.82 Å². The number of hydrogen-bond donors (Lipinski definition) is 1. The lowest BCUT2D eigenvalue weighted by Gasteiger charge is -2.14. The molecular formula is C11H13BrFNO. The van der Waals surface area contributed by atoms with Gasteiger partial charge in [-0.25, -0.2) is 4.39 Å². The summed E-state index contributed by atoms with van der Waals surface area (Å²) in [4.78, 5) is 0. The number of methoxy groups -OCH3 is 1. The smallest absolute Gasteiger partial charge is 0.142 e. The molecule has 0 amide bonds. The molecule has 82 valence electrons. The van der Waals surface area contributed by atoms with Crippen LogP contribution in [0.1, 0.15) is 24.4 Å². The topological polar surface area (TPSA) is 21.3 Å². The Morgan fingerprint density at radius 2 is 2.33 bits per heavy atom. The zero-order chi connectivity index (χ0) is 10.8. The maximum absolute atomic E-state index is 13.8. The van der Waals surface area contributed by atoms with Crippen LogP contribution in [-0.4, -0.2) is 13.7 Å². The summed E-state index contributed by atoms with van der Waals surface area (Å²) < 4.78 is 19.4. The summed E-state index contributed by atoms with van der Waals surface area (Å²) >= 11 is 3.20. The van der Waals surface area contributed by atoms with Gasteiger partial charge in [0.2, 0.25) is 0 Å². The van der Waals surface area contributed by atoms with Crippen molar-refractivity contribution in [3.8, 4) is 5.75 Å². The van der Waals surface area contributed by atoms with Crippen molar-refractivity contribution in [2.24, 2.45) is 0 Å². The van der Waals surface area contributed by atoms with Gasteiger partial charge in [0.25, 0.3) is 0 Å². The van der Waals surface area contributed by atoms with Gasteiger partial charge in [-0.05, 0) is 47.4 Å². The van der Waals surface area contributed by atoms with Crippen molar-refractivity contribution in [3.05, 3.63) is 28.0 Å². The van der Waals surface area contributed by atoms with Gasteiger partial charge in [0.05, 0.1) is 11.6 Å². The Labute approximate surface area is 96.9 Å². The van der Waals surface area contributed by atoms with Crippen LogP contribution in [0.4, 0.5) is 4.39 Å². The van der Waals surface area contributed by atoms with Gasteiger partial charge < -0.3 is 10.1 Å². The molecule has 1 aromatic rings. The number of benzene rings is 1. The minimum Gasteiger partial charge on any atom is -0.497 e. The molecule has 1 aliphatic rings. The first kappa shape index (κ1) is 10.9. The highest BCUT2D eigenvalue weighted by molar-refractivity contribution is 9.10. The molecule has 1 atom stereocenters. The second kappa shape index (κ2) is 4.49. The summed E-state index contributed by atoms with van der Waals surface area (Å²) in [6.07, 6.45) is 2.08. The van der Waals surface area contributed by atoms with E-state index in [4.69, 9.17) is 4.74 Å². The van der Waals surface area contributed by atoms with E-state index < -0.39 is 0 Å². The molecular weight excluding hydrogens is 261 g/mol. The number of hydrogen-bond acceptors (Lipinski definition) is 2. The van der Waals surface area contributed by atoms with E-state index >= 15 is 0 Å². The molecule has 1 aromatic carbocycles. The van der Waals surface area contributed by atoms with Gasteiger partial charge in [-0.1, -0.05) is 0 Å². The van der Waals surface area contributed by atoms with Crippen molar-refractivity contribution in [1.82, 2.24) is 5.32 Å². The SMILES string of the molecule is COc1cc(Br)c(F)c(C2CCCN2)c1. The van der Waals surface area contributed by atoms with Gasteiger partial charge in [0, 0.05) is 11.6 Å². The molecule has 0 aliphatic carbocycles. The van der Waals surface area contributed by atoms with Crippen molar-refractivity contribution in [2.75, 3.05) is 13.7 Å². The lowest BCUT2D eigenvalue weighted by Crippen LogP contribution is -2.14. The lowest BCUT2D eigenvalue weighted by atomic mass is 10.0. The molecule has 0 saturated carbocycles. The summed E-state index contributed by atoms with van der Waals surface area (Å²) in [6, 6.07) is 3.54. The van der Waals surface area contributed by atoms with E-state index in [1.165, 1.54) is 0 Å². The van der Waals surface area contributed by atoms with Gasteiger partial charge in [-0.15, -0.1) is 0 Å². The maximum atomic E-state index is 13.8. The predicted molar refractivity (Wildman–Crippen MR) is 60.6 cm³/mol. The van der Waals surface area contributed by atoms with Gasteiger partial charge in [-0.3, -0.25) is 0 Å². The molecule has 1 unspecified atom stereocenters. The summed E-state index contributed by atoms with van der Waals surface area (Å²) in [5, 5.41) is 3.28. The highest BCUT2D eigenvalue weighted by atomic mass is 79.9. The second-order valence-corrected chi connectivity index (χ2v) is 4.52. The number of nitrogens with one attached hydrogen (secondary N) is 1. The fourth-order valence-corrected chi connectivity index (χ4v) is 2.36. The van der Waals surface area contributed by atoms with Crippen molar-refractivity contribution in [2.45, 2.75) is 18.9 Å². The van der Waals surface area contributed by atoms with Crippen LogP contribution in [0.25, 0.3) is 0 Å². The van der Waals surface area contributed by atoms with Crippen LogP contribution in [0.2, 0.25) is 0 Å². The summed E-state index contributed by atoms with van der Waals surface area (Å²) in [6.45, 7) is 0.957. The third-order valence-corrected chi connectivity index (χ3v) is 3.28. The zero-order valence-corrected chi connectivity index (χ0v) is 10.1. The van der Waals surface area contributed by atoms with Crippen molar-refractivity contribution < 1.29 is 9.13 Å². The third kappa shape index (κ3) is 2.16. The largest absolute Gasteiger partial charge is 0.497 e. The average molecular weight is 274 g/mol. The summed E-state index contributed by atoms with van der Waals surface area (Å²) in [7, 11) is 1.59. The molecule has 2 nitrogen and oxygen atoms in total. The first-order valence-corrected chi connectivity index (χ1v) is 5.78. The molecule has 1 fully saturated rings. The fourth-order valence-electron chi connectivity index (χ4n) is 1.91. The Balaban J connectivity index is 2.39. The fraction of sp³-hybridized carbons (Fsp3) is 0.455. The van der Waals surface area contributed by atoms with Crippen molar-refractivity contribution in [1.29, 1.82) is 0 Å². The normalized spacial score (nSPS) is 20.6. The number of rotatable bonds is 2. The molecule has 15 heavy (non-hydrogen) atoms. The molecule has 0 bridgehead atoms. The van der Waals surface area contributed by atoms with E-state index in [1.807, 2.05) is 0 Å². The highest BCUT2D eigenvalue weighted by Gasteiger charge is 2.21. The molecule has 1 N–H and O–H groups in total. The molecule has 2 rings (SSSR count). The Morgan fingerprint density at radius 1 is 1.53 bits per heavy atom. The second-order valence-electron chi connectivity index (χ2n) is 3.66. The standard InChI is InChI=1S/C11H13BrFNO/c1-15-7-5-8(10-3-2-4-14-10)11(13)9(12)6-7/h5-6,10,14H,2-4H2,1H3. The Bertz CT molecular complexity index is 364. The average Bonchev–Trinajstić information content (AvgIpc) is 2.75. The van der Waals surface area contributed by atoms with Crippen LogP contribution in [-0.2, 0) is 0 Å². The van der Waals surface area contributed by atoms with E-state index in [2.05, 4.69) is 21.2 Å². The van der Waals surface area contributed by atoms with E-state index in [-0.39, 0.29) is 11.9 Å². The Hall–Kier alpha value is -0.610. The van der Waals surface area contributed by atoms with Gasteiger partial charge >= 0.3 is 0 Å². The Morgan fingerprint density at radius 3 is 2.93 bits per heavy atom. The first-order valence-electron chi connectivity index (χ1n) is 4.98. The van der Waals surface area contributed by atoms with E-state index in [0.29, 0.717) is 15.8 Å². The Kier molecular flexibility index (Phi) is 3.26. The van der Waals surface area contributed by atoms with Crippen LogP contribution >= 0.6 is 15.9 Å². The van der Waals surface area contributed by atoms with Crippen LogP contribution < -0.4 is 10.1 Å². The molecule has 0 radical (unpaired) electrons. The van der Waals surface area contributed by atoms with E-state index in [1.54, 1.807) is 19.2 Å². The van der Waals surface area contributed by atoms with Crippen LogP contribution in [0.5, 0.6) is 5.75 Å². The van der Waals surface area contributed by atoms with Gasteiger partial charge in [-0.2, -0.15) is 0 Å². The molecule has 1 saturated heterocycles. The van der Waals surface area contributed by atoms with E-state index in [0.717, 1.165) is 19.4 Å². The minimum atomic E-state index is -0.185. The highest BCUT2D eigenvalue weighted by Crippen LogP contribution is 2.32. The molecule has 0 spiro atoms. The molecule has 1 aliphatic heterocycles. The third-order valence-electron chi connectivity index (χ3n) is 2.70. The van der Waals surface area contributed by atoms with Gasteiger partial charge in [0.1, 0.15) is 11.6 Å². The van der Waals surface area contributed by atoms with Crippen LogP contribution in [0.15, 0.2) is 16.6 Å². The van der Waals surface area contributed by atoms with Crippen molar-refractivity contribution in [3.63, 3.8) is 0 Å². The quantitative estimate of drug-likeness (QED) is 0.895. The zero-order valence-electron chi connectivity index (χ0n) is 8.52. The number of ether oxygens (including phenoxy) is 1. The summed E-state index contributed by atoms with van der Waals surface area (Å²) in [5.74, 6) is 0.502. The number of halogens is 2. The monoisotopic (exact) mass is 273 g/mol. The molecule has 0 aromatic heterocycles. The minimum absolute atomic E-state index is 0.122. The van der Waals surface area contributed by atoms with Crippen LogP contribution in [0.3, 0.4) is 0 Å². The molecule has 1 heterocycles. The lowest BCUT2D eigenvalue weighted by molar-refractivity contribution is 0.410. The summed E-state index contributed by atoms with van der Waals surface area (Å²) in [5.41, 5.74) is 0.693. The van der Waals surface area contributed by atoms with Crippen molar-refractivity contribution >= 4 is 15.9 Å². The van der Waals surface area contributed by atoms with Gasteiger partial charge in [0.15, 0.2) is 0 Å². The van der Waals surface area contributed by atoms with E-state index in [9.17, 15) is 4.39 Å². The molecule has 4 heteroatoms. The first-order chi connectivity index (χ1) is 7.22. The maximum Gasteiger partial charge on any atom is 0.142 e. The predicted octanol–water partition coefficient (Wildman–Crippen LogP) is 3.02.